The summed E-state index contributed by atoms with van der Waals surface area (Å²) in [5.74, 6) is 0.366. The third kappa shape index (κ3) is 7.91. The lowest BCUT2D eigenvalue weighted by Crippen LogP contribution is -2.38. The molecule has 0 saturated heterocycles. The molecular formula is C23H31N3O2S. The minimum absolute atomic E-state index is 0.0496. The molecule has 1 unspecified atom stereocenters. The number of nitrogens with zero attached hydrogens (tertiary/aromatic N) is 1. The van der Waals surface area contributed by atoms with Gasteiger partial charge in [0.1, 0.15) is 0 Å². The molecule has 6 heteroatoms. The van der Waals surface area contributed by atoms with Crippen molar-refractivity contribution in [2.45, 2.75) is 26.8 Å². The molecule has 2 aromatic rings. The minimum atomic E-state index is -0.0984. The lowest BCUT2D eigenvalue weighted by atomic mass is 10.1. The van der Waals surface area contributed by atoms with Crippen LogP contribution in [0.2, 0.25) is 0 Å². The molecule has 0 aliphatic heterocycles. The molecule has 1 atom stereocenters. The highest BCUT2D eigenvalue weighted by atomic mass is 32.2. The number of hydrogen-bond acceptors (Lipinski definition) is 4. The number of nitrogens with one attached hydrogen (secondary N) is 2. The second-order valence-corrected chi connectivity index (χ2v) is 7.85. The Morgan fingerprint density at radius 2 is 1.66 bits per heavy atom. The van der Waals surface area contributed by atoms with Gasteiger partial charge in [0.2, 0.25) is 11.8 Å². The molecular weight excluding hydrogens is 382 g/mol. The van der Waals surface area contributed by atoms with Crippen LogP contribution in [-0.2, 0) is 9.59 Å². The molecule has 2 amide bonds. The number of hydrogen-bond donors (Lipinski definition) is 2. The van der Waals surface area contributed by atoms with Gasteiger partial charge in [-0.15, -0.1) is 11.8 Å². The van der Waals surface area contributed by atoms with E-state index in [0.29, 0.717) is 6.54 Å². The minimum Gasteiger partial charge on any atom is -0.353 e. The van der Waals surface area contributed by atoms with E-state index in [-0.39, 0.29) is 29.4 Å². The van der Waals surface area contributed by atoms with E-state index in [9.17, 15) is 9.59 Å². The molecule has 0 saturated carbocycles. The van der Waals surface area contributed by atoms with E-state index in [1.807, 2.05) is 49.4 Å². The Kier molecular flexibility index (Phi) is 9.74. The van der Waals surface area contributed by atoms with Crippen molar-refractivity contribution in [1.82, 2.24) is 10.2 Å². The van der Waals surface area contributed by atoms with Crippen molar-refractivity contribution in [3.8, 4) is 0 Å². The second kappa shape index (κ2) is 12.3. The summed E-state index contributed by atoms with van der Waals surface area (Å²) in [5, 5.41) is 5.89. The average Bonchev–Trinajstić information content (AvgIpc) is 2.71. The van der Waals surface area contributed by atoms with Gasteiger partial charge in [-0.2, -0.15) is 0 Å². The van der Waals surface area contributed by atoms with Crippen molar-refractivity contribution in [2.24, 2.45) is 0 Å². The van der Waals surface area contributed by atoms with Crippen LogP contribution in [0.1, 0.15) is 31.0 Å². The monoisotopic (exact) mass is 413 g/mol. The third-order valence-corrected chi connectivity index (χ3v) is 5.63. The number of aryl methyl sites for hydroxylation is 1. The summed E-state index contributed by atoms with van der Waals surface area (Å²) >= 11 is 1.32. The van der Waals surface area contributed by atoms with Gasteiger partial charge in [-0.1, -0.05) is 56.3 Å². The van der Waals surface area contributed by atoms with Crippen molar-refractivity contribution in [1.29, 1.82) is 0 Å². The van der Waals surface area contributed by atoms with Gasteiger partial charge in [-0.25, -0.2) is 0 Å². The molecule has 5 nitrogen and oxygen atoms in total. The highest BCUT2D eigenvalue weighted by Crippen LogP contribution is 2.19. The summed E-state index contributed by atoms with van der Waals surface area (Å²) in [6.45, 7) is 8.63. The number of thioether (sulfide) groups is 1. The van der Waals surface area contributed by atoms with E-state index in [0.717, 1.165) is 24.3 Å². The second-order valence-electron chi connectivity index (χ2n) is 6.86. The smallest absolute Gasteiger partial charge is 0.234 e. The van der Waals surface area contributed by atoms with Crippen LogP contribution in [0.25, 0.3) is 0 Å². The maximum Gasteiger partial charge on any atom is 0.234 e. The Balaban J connectivity index is 1.78. The molecule has 0 radical (unpaired) electrons. The maximum absolute atomic E-state index is 12.3. The van der Waals surface area contributed by atoms with Gasteiger partial charge in [0.05, 0.1) is 17.5 Å². The van der Waals surface area contributed by atoms with E-state index in [1.54, 1.807) is 0 Å². The highest BCUT2D eigenvalue weighted by Gasteiger charge is 2.18. The number of rotatable bonds is 11. The largest absolute Gasteiger partial charge is 0.353 e. The zero-order valence-corrected chi connectivity index (χ0v) is 18.3. The predicted octanol–water partition coefficient (Wildman–Crippen LogP) is 3.87. The molecule has 0 bridgehead atoms. The summed E-state index contributed by atoms with van der Waals surface area (Å²) in [6, 6.07) is 18.1. The molecule has 2 rings (SSSR count). The van der Waals surface area contributed by atoms with Crippen LogP contribution in [0.4, 0.5) is 5.69 Å². The fraction of sp³-hybridized carbons (Fsp3) is 0.391. The first-order valence-electron chi connectivity index (χ1n) is 10.0. The van der Waals surface area contributed by atoms with E-state index in [4.69, 9.17) is 0 Å². The summed E-state index contributed by atoms with van der Waals surface area (Å²) < 4.78 is 0. The summed E-state index contributed by atoms with van der Waals surface area (Å²) in [6.07, 6.45) is 0. The summed E-state index contributed by atoms with van der Waals surface area (Å²) in [4.78, 5) is 26.7. The van der Waals surface area contributed by atoms with Crippen LogP contribution in [-0.4, -0.2) is 47.9 Å². The molecule has 2 N–H and O–H groups in total. The van der Waals surface area contributed by atoms with Crippen molar-refractivity contribution >= 4 is 29.3 Å². The molecule has 0 spiro atoms. The summed E-state index contributed by atoms with van der Waals surface area (Å²) in [5.41, 5.74) is 3.07. The van der Waals surface area contributed by atoms with Gasteiger partial charge in [0.25, 0.3) is 0 Å². The first-order chi connectivity index (χ1) is 14.0. The van der Waals surface area contributed by atoms with Crippen molar-refractivity contribution < 1.29 is 9.59 Å². The third-order valence-electron chi connectivity index (χ3n) is 4.70. The zero-order valence-electron chi connectivity index (χ0n) is 17.5. The predicted molar refractivity (Wildman–Crippen MR) is 122 cm³/mol. The van der Waals surface area contributed by atoms with Gasteiger partial charge in [0, 0.05) is 12.2 Å². The summed E-state index contributed by atoms with van der Waals surface area (Å²) in [7, 11) is 0. The van der Waals surface area contributed by atoms with Crippen molar-refractivity contribution in [3.63, 3.8) is 0 Å². The standard InChI is InChI=1S/C23H31N3O2S/c1-4-26(5-2)21(19-11-7-6-8-12-19)15-24-22(27)16-29-17-23(28)25-20-13-9-10-18(3)14-20/h6-14,21H,4-5,15-17H2,1-3H3,(H,24,27)(H,25,28). The lowest BCUT2D eigenvalue weighted by Gasteiger charge is -2.30. The van der Waals surface area contributed by atoms with Gasteiger partial charge in [0.15, 0.2) is 0 Å². The Morgan fingerprint density at radius 1 is 0.966 bits per heavy atom. The first kappa shape index (κ1) is 23.0. The Bertz CT molecular complexity index is 779. The average molecular weight is 414 g/mol. The van der Waals surface area contributed by atoms with Crippen molar-refractivity contribution in [3.05, 3.63) is 65.7 Å². The van der Waals surface area contributed by atoms with E-state index >= 15 is 0 Å². The van der Waals surface area contributed by atoms with Gasteiger partial charge in [-0.3, -0.25) is 14.5 Å². The number of likely N-dealkylation sites (N-methyl/N-ethyl adjacent to an activating group) is 1. The fourth-order valence-electron chi connectivity index (χ4n) is 3.22. The number of amides is 2. The molecule has 0 fully saturated rings. The zero-order chi connectivity index (χ0) is 21.1. The maximum atomic E-state index is 12.3. The van der Waals surface area contributed by atoms with Crippen LogP contribution >= 0.6 is 11.8 Å². The lowest BCUT2D eigenvalue weighted by molar-refractivity contribution is -0.118. The molecule has 2 aromatic carbocycles. The Hall–Kier alpha value is -2.31. The van der Waals surface area contributed by atoms with Gasteiger partial charge < -0.3 is 10.6 Å². The van der Waals surface area contributed by atoms with E-state index < -0.39 is 0 Å². The van der Waals surface area contributed by atoms with Gasteiger partial charge >= 0.3 is 0 Å². The molecule has 0 aromatic heterocycles. The number of carbonyl (C=O) groups excluding carboxylic acids is 2. The first-order valence-corrected chi connectivity index (χ1v) is 11.2. The van der Waals surface area contributed by atoms with Crippen LogP contribution in [0.5, 0.6) is 0 Å². The van der Waals surface area contributed by atoms with Crippen LogP contribution in [0.15, 0.2) is 54.6 Å². The molecule has 156 valence electrons. The normalized spacial score (nSPS) is 11.9. The van der Waals surface area contributed by atoms with Crippen molar-refractivity contribution in [2.75, 3.05) is 36.5 Å². The number of benzene rings is 2. The van der Waals surface area contributed by atoms with Crippen LogP contribution in [0.3, 0.4) is 0 Å². The molecule has 29 heavy (non-hydrogen) atoms. The quantitative estimate of drug-likeness (QED) is 0.587. The van der Waals surface area contributed by atoms with E-state index in [1.165, 1.54) is 17.3 Å². The van der Waals surface area contributed by atoms with E-state index in [2.05, 4.69) is 41.5 Å². The van der Waals surface area contributed by atoms with Gasteiger partial charge in [-0.05, 0) is 43.3 Å². The molecule has 0 heterocycles. The Labute approximate surface area is 178 Å². The fourth-order valence-corrected chi connectivity index (χ4v) is 3.86. The molecule has 0 aliphatic rings. The highest BCUT2D eigenvalue weighted by molar-refractivity contribution is 8.00. The SMILES string of the molecule is CCN(CC)C(CNC(=O)CSCC(=O)Nc1cccc(C)c1)c1ccccc1. The Morgan fingerprint density at radius 3 is 2.31 bits per heavy atom. The van der Waals surface area contributed by atoms with Crippen LogP contribution in [0, 0.1) is 6.92 Å². The topological polar surface area (TPSA) is 61.4 Å². The number of anilines is 1. The molecule has 0 aliphatic carbocycles. The number of carbonyl (C=O) groups is 2. The van der Waals surface area contributed by atoms with Crippen LogP contribution < -0.4 is 10.6 Å².